The number of aromatic nitrogens is 2. The van der Waals surface area contributed by atoms with Gasteiger partial charge in [-0.1, -0.05) is 28.1 Å². The van der Waals surface area contributed by atoms with Crippen molar-refractivity contribution in [1.82, 2.24) is 9.55 Å². The van der Waals surface area contributed by atoms with E-state index in [1.807, 2.05) is 32.3 Å². The second-order valence-corrected chi connectivity index (χ2v) is 4.63. The van der Waals surface area contributed by atoms with Crippen LogP contribution in [0.3, 0.4) is 0 Å². The Bertz CT molecular complexity index is 491. The van der Waals surface area contributed by atoms with Gasteiger partial charge in [0.25, 0.3) is 0 Å². The summed E-state index contributed by atoms with van der Waals surface area (Å²) in [5, 5.41) is 3.09. The number of nitrogens with one attached hydrogen (secondary N) is 1. The highest BCUT2D eigenvalue weighted by Gasteiger charge is 2.04. The molecule has 16 heavy (non-hydrogen) atoms. The molecule has 1 aromatic heterocycles. The van der Waals surface area contributed by atoms with Crippen LogP contribution < -0.4 is 5.32 Å². The zero-order chi connectivity index (χ0) is 11.5. The van der Waals surface area contributed by atoms with Crippen LogP contribution in [0.15, 0.2) is 34.9 Å². The number of imidazole rings is 1. The van der Waals surface area contributed by atoms with E-state index >= 15 is 0 Å². The van der Waals surface area contributed by atoms with Crippen molar-refractivity contribution in [3.63, 3.8) is 0 Å². The number of hydrogen-bond donors (Lipinski definition) is 1. The summed E-state index contributed by atoms with van der Waals surface area (Å²) in [6.07, 6.45) is 2.05. The molecule has 0 unspecified atom stereocenters. The Hall–Kier alpha value is -1.29. The Kier molecular flexibility index (Phi) is 3.29. The Balaban J connectivity index is 2.26. The predicted octanol–water partition coefficient (Wildman–Crippen LogP) is 3.04. The van der Waals surface area contributed by atoms with E-state index in [2.05, 4.69) is 42.9 Å². The molecule has 0 radical (unpaired) electrons. The molecule has 2 rings (SSSR count). The van der Waals surface area contributed by atoms with Crippen molar-refractivity contribution >= 4 is 21.9 Å². The lowest BCUT2D eigenvalue weighted by atomic mass is 10.2. The van der Waals surface area contributed by atoms with Gasteiger partial charge >= 0.3 is 0 Å². The van der Waals surface area contributed by atoms with Crippen LogP contribution in [0.4, 0.5) is 5.95 Å². The van der Waals surface area contributed by atoms with Gasteiger partial charge in [-0.3, -0.25) is 0 Å². The maximum Gasteiger partial charge on any atom is 0.203 e. The summed E-state index contributed by atoms with van der Waals surface area (Å²) in [6.45, 7) is 2.83. The van der Waals surface area contributed by atoms with Gasteiger partial charge in [0.15, 0.2) is 0 Å². The molecule has 4 heteroatoms. The van der Waals surface area contributed by atoms with Crippen LogP contribution in [0.1, 0.15) is 11.3 Å². The average molecular weight is 280 g/mol. The third kappa shape index (κ3) is 2.44. The zero-order valence-corrected chi connectivity index (χ0v) is 11.0. The third-order valence-corrected chi connectivity index (χ3v) is 2.86. The minimum Gasteiger partial charge on any atom is -0.359 e. The monoisotopic (exact) mass is 279 g/mol. The first kappa shape index (κ1) is 11.2. The molecule has 0 spiro atoms. The van der Waals surface area contributed by atoms with Crippen LogP contribution >= 0.6 is 15.9 Å². The van der Waals surface area contributed by atoms with E-state index in [9.17, 15) is 0 Å². The highest BCUT2D eigenvalue weighted by atomic mass is 79.9. The van der Waals surface area contributed by atoms with Crippen molar-refractivity contribution in [2.45, 2.75) is 13.5 Å². The van der Waals surface area contributed by atoms with Gasteiger partial charge < -0.3 is 9.88 Å². The van der Waals surface area contributed by atoms with E-state index in [1.165, 1.54) is 5.56 Å². The lowest BCUT2D eigenvalue weighted by molar-refractivity contribution is 0.804. The molecule has 0 aliphatic carbocycles. The molecule has 84 valence electrons. The molecular formula is C12H14BrN3. The minimum absolute atomic E-state index is 0.830. The van der Waals surface area contributed by atoms with Gasteiger partial charge in [0.2, 0.25) is 5.95 Å². The molecule has 0 atom stereocenters. The molecule has 0 aliphatic rings. The lowest BCUT2D eigenvalue weighted by Crippen LogP contribution is -2.03. The standard InChI is InChI=1S/C12H14BrN3/c1-9-7-16(12(14-2)15-9)8-10-4-3-5-11(13)6-10/h3-7H,8H2,1-2H3,(H,14,15). The van der Waals surface area contributed by atoms with Crippen molar-refractivity contribution in [2.75, 3.05) is 12.4 Å². The highest BCUT2D eigenvalue weighted by Crippen LogP contribution is 2.15. The fraction of sp³-hybridized carbons (Fsp3) is 0.250. The molecule has 0 bridgehead atoms. The van der Waals surface area contributed by atoms with Gasteiger partial charge in [-0.2, -0.15) is 0 Å². The summed E-state index contributed by atoms with van der Waals surface area (Å²) in [4.78, 5) is 4.39. The second-order valence-electron chi connectivity index (χ2n) is 3.71. The number of anilines is 1. The predicted molar refractivity (Wildman–Crippen MR) is 69.8 cm³/mol. The molecule has 2 aromatic rings. The second kappa shape index (κ2) is 4.70. The third-order valence-electron chi connectivity index (χ3n) is 2.36. The zero-order valence-electron chi connectivity index (χ0n) is 9.37. The average Bonchev–Trinajstić information content (AvgIpc) is 2.59. The number of aryl methyl sites for hydroxylation is 1. The lowest BCUT2D eigenvalue weighted by Gasteiger charge is -2.07. The number of hydrogen-bond acceptors (Lipinski definition) is 2. The summed E-state index contributed by atoms with van der Waals surface area (Å²) in [7, 11) is 1.89. The molecule has 1 N–H and O–H groups in total. The smallest absolute Gasteiger partial charge is 0.203 e. The van der Waals surface area contributed by atoms with Crippen molar-refractivity contribution in [3.05, 3.63) is 46.2 Å². The highest BCUT2D eigenvalue weighted by molar-refractivity contribution is 9.10. The van der Waals surface area contributed by atoms with Crippen LogP contribution in [0, 0.1) is 6.92 Å². The Labute approximate surface area is 104 Å². The summed E-state index contributed by atoms with van der Waals surface area (Å²) in [6, 6.07) is 8.30. The van der Waals surface area contributed by atoms with E-state index in [4.69, 9.17) is 0 Å². The molecule has 0 saturated heterocycles. The van der Waals surface area contributed by atoms with E-state index in [0.717, 1.165) is 22.7 Å². The van der Waals surface area contributed by atoms with Crippen LogP contribution in [-0.2, 0) is 6.54 Å². The van der Waals surface area contributed by atoms with Crippen LogP contribution in [0.2, 0.25) is 0 Å². The van der Waals surface area contributed by atoms with Crippen molar-refractivity contribution in [3.8, 4) is 0 Å². The fourth-order valence-electron chi connectivity index (χ4n) is 1.70. The molecule has 3 nitrogen and oxygen atoms in total. The summed E-state index contributed by atoms with van der Waals surface area (Å²) < 4.78 is 3.21. The van der Waals surface area contributed by atoms with E-state index in [0.29, 0.717) is 0 Å². The van der Waals surface area contributed by atoms with Gasteiger partial charge in [-0.05, 0) is 24.6 Å². The summed E-state index contributed by atoms with van der Waals surface area (Å²) >= 11 is 3.48. The molecule has 1 heterocycles. The number of rotatable bonds is 3. The molecule has 1 aromatic carbocycles. The summed E-state index contributed by atoms with van der Waals surface area (Å²) in [5.41, 5.74) is 2.28. The normalized spacial score (nSPS) is 10.4. The van der Waals surface area contributed by atoms with Gasteiger partial charge in [-0.25, -0.2) is 4.98 Å². The Morgan fingerprint density at radius 2 is 2.25 bits per heavy atom. The van der Waals surface area contributed by atoms with Crippen LogP contribution in [0.5, 0.6) is 0 Å². The SMILES string of the molecule is CNc1nc(C)cn1Cc1cccc(Br)c1. The van der Waals surface area contributed by atoms with Crippen molar-refractivity contribution < 1.29 is 0 Å². The molecule has 0 aliphatic heterocycles. The van der Waals surface area contributed by atoms with Gasteiger partial charge in [0.1, 0.15) is 0 Å². The Morgan fingerprint density at radius 3 is 2.94 bits per heavy atom. The quantitative estimate of drug-likeness (QED) is 0.936. The topological polar surface area (TPSA) is 29.9 Å². The van der Waals surface area contributed by atoms with Crippen molar-refractivity contribution in [2.24, 2.45) is 0 Å². The van der Waals surface area contributed by atoms with E-state index < -0.39 is 0 Å². The first-order valence-corrected chi connectivity index (χ1v) is 5.94. The van der Waals surface area contributed by atoms with Crippen LogP contribution in [0.25, 0.3) is 0 Å². The Morgan fingerprint density at radius 1 is 1.44 bits per heavy atom. The largest absolute Gasteiger partial charge is 0.359 e. The van der Waals surface area contributed by atoms with E-state index in [-0.39, 0.29) is 0 Å². The van der Waals surface area contributed by atoms with Crippen molar-refractivity contribution in [1.29, 1.82) is 0 Å². The minimum atomic E-state index is 0.830. The number of halogens is 1. The maximum atomic E-state index is 4.39. The van der Waals surface area contributed by atoms with Crippen LogP contribution in [-0.4, -0.2) is 16.6 Å². The van der Waals surface area contributed by atoms with Gasteiger partial charge in [0.05, 0.1) is 12.2 Å². The molecule has 0 amide bonds. The van der Waals surface area contributed by atoms with E-state index in [1.54, 1.807) is 0 Å². The molecular weight excluding hydrogens is 266 g/mol. The molecule has 0 fully saturated rings. The number of benzene rings is 1. The number of nitrogens with zero attached hydrogens (tertiary/aromatic N) is 2. The molecule has 0 saturated carbocycles. The maximum absolute atomic E-state index is 4.39. The summed E-state index contributed by atoms with van der Waals surface area (Å²) in [5.74, 6) is 0.900. The van der Waals surface area contributed by atoms with Gasteiger partial charge in [-0.15, -0.1) is 0 Å². The first-order valence-electron chi connectivity index (χ1n) is 5.15. The first-order chi connectivity index (χ1) is 7.69. The van der Waals surface area contributed by atoms with Gasteiger partial charge in [0, 0.05) is 17.7 Å². The fourth-order valence-corrected chi connectivity index (χ4v) is 2.15.